The van der Waals surface area contributed by atoms with Gasteiger partial charge in [-0.1, -0.05) is 13.0 Å². The fraction of sp³-hybridized carbons (Fsp3) is 0.368. The van der Waals surface area contributed by atoms with E-state index < -0.39 is 6.04 Å². The molecule has 0 aliphatic carbocycles. The van der Waals surface area contributed by atoms with Crippen LogP contribution in [0.4, 0.5) is 10.8 Å². The lowest BCUT2D eigenvalue weighted by Crippen LogP contribution is -2.43. The van der Waals surface area contributed by atoms with E-state index in [4.69, 9.17) is 0 Å². The highest BCUT2D eigenvalue weighted by Crippen LogP contribution is 2.24. The van der Waals surface area contributed by atoms with Gasteiger partial charge in [0, 0.05) is 35.8 Å². The first kappa shape index (κ1) is 19.0. The molecule has 1 fully saturated rings. The average molecular weight is 386 g/mol. The van der Waals surface area contributed by atoms with E-state index in [9.17, 15) is 14.4 Å². The number of hydrogen-bond donors (Lipinski definition) is 2. The summed E-state index contributed by atoms with van der Waals surface area (Å²) in [5, 5.41) is 7.94. The van der Waals surface area contributed by atoms with Crippen LogP contribution < -0.4 is 10.6 Å². The van der Waals surface area contributed by atoms with Crippen molar-refractivity contribution in [2.75, 3.05) is 17.2 Å². The van der Waals surface area contributed by atoms with E-state index >= 15 is 0 Å². The number of amides is 3. The summed E-state index contributed by atoms with van der Waals surface area (Å²) in [6, 6.07) is 4.73. The number of aromatic nitrogens is 1. The SMILES string of the molecule is CCC(=O)N1CCC[C@H]1C(=O)Nc1cccc(C(=O)Nc2nccs2)c1C. The van der Waals surface area contributed by atoms with Crippen LogP contribution in [0.5, 0.6) is 0 Å². The number of nitrogens with zero attached hydrogens (tertiary/aromatic N) is 2. The Hall–Kier alpha value is -2.74. The number of thiazole rings is 1. The van der Waals surface area contributed by atoms with Crippen LogP contribution in [0, 0.1) is 6.92 Å². The molecule has 1 aromatic heterocycles. The van der Waals surface area contributed by atoms with Crippen molar-refractivity contribution in [1.82, 2.24) is 9.88 Å². The van der Waals surface area contributed by atoms with Crippen molar-refractivity contribution in [3.63, 3.8) is 0 Å². The maximum atomic E-state index is 12.7. The second kappa shape index (κ2) is 8.30. The highest BCUT2D eigenvalue weighted by molar-refractivity contribution is 7.13. The Morgan fingerprint density at radius 3 is 2.81 bits per heavy atom. The number of anilines is 2. The van der Waals surface area contributed by atoms with Gasteiger partial charge < -0.3 is 10.2 Å². The minimum atomic E-state index is -0.454. The molecule has 0 unspecified atom stereocenters. The van der Waals surface area contributed by atoms with E-state index in [0.29, 0.717) is 41.3 Å². The van der Waals surface area contributed by atoms with E-state index in [1.165, 1.54) is 11.3 Å². The number of carbonyl (C=O) groups is 3. The molecule has 3 amide bonds. The Labute approximate surface area is 161 Å². The van der Waals surface area contributed by atoms with Crippen LogP contribution in [0.1, 0.15) is 42.1 Å². The summed E-state index contributed by atoms with van der Waals surface area (Å²) in [5.74, 6) is -0.502. The van der Waals surface area contributed by atoms with Gasteiger partial charge in [-0.15, -0.1) is 11.3 Å². The molecule has 0 saturated carbocycles. The quantitative estimate of drug-likeness (QED) is 0.826. The van der Waals surface area contributed by atoms with Gasteiger partial charge in [-0.05, 0) is 37.5 Å². The molecule has 1 aliphatic rings. The van der Waals surface area contributed by atoms with E-state index in [0.717, 1.165) is 6.42 Å². The maximum absolute atomic E-state index is 12.7. The van der Waals surface area contributed by atoms with E-state index in [1.54, 1.807) is 48.5 Å². The lowest BCUT2D eigenvalue weighted by atomic mass is 10.1. The molecule has 1 aliphatic heterocycles. The second-order valence-electron chi connectivity index (χ2n) is 6.36. The van der Waals surface area contributed by atoms with E-state index in [1.807, 2.05) is 0 Å². The predicted octanol–water partition coefficient (Wildman–Crippen LogP) is 3.04. The molecular weight excluding hydrogens is 364 g/mol. The van der Waals surface area contributed by atoms with Crippen LogP contribution in [-0.2, 0) is 9.59 Å². The van der Waals surface area contributed by atoms with Crippen molar-refractivity contribution in [3.8, 4) is 0 Å². The summed E-state index contributed by atoms with van der Waals surface area (Å²) in [6.07, 6.45) is 3.48. The summed E-state index contributed by atoms with van der Waals surface area (Å²) >= 11 is 1.34. The minimum Gasteiger partial charge on any atom is -0.331 e. The van der Waals surface area contributed by atoms with Crippen LogP contribution in [-0.4, -0.2) is 40.2 Å². The summed E-state index contributed by atoms with van der Waals surface area (Å²) in [5.41, 5.74) is 1.71. The fourth-order valence-corrected chi connectivity index (χ4v) is 3.75. The van der Waals surface area contributed by atoms with Crippen molar-refractivity contribution in [2.24, 2.45) is 0 Å². The predicted molar refractivity (Wildman–Crippen MR) is 105 cm³/mol. The van der Waals surface area contributed by atoms with Gasteiger partial charge in [0.05, 0.1) is 0 Å². The summed E-state index contributed by atoms with van der Waals surface area (Å²) in [4.78, 5) is 42.9. The zero-order chi connectivity index (χ0) is 19.4. The Balaban J connectivity index is 1.74. The Bertz CT molecular complexity index is 851. The number of nitrogens with one attached hydrogen (secondary N) is 2. The molecule has 3 rings (SSSR count). The summed E-state index contributed by atoms with van der Waals surface area (Å²) < 4.78 is 0. The van der Waals surface area contributed by atoms with Crippen LogP contribution in [0.25, 0.3) is 0 Å². The summed E-state index contributed by atoms with van der Waals surface area (Å²) in [6.45, 7) is 4.19. The first-order chi connectivity index (χ1) is 13.0. The van der Waals surface area contributed by atoms with Crippen molar-refractivity contribution >= 4 is 39.9 Å². The third-order valence-electron chi connectivity index (χ3n) is 4.67. The van der Waals surface area contributed by atoms with E-state index in [-0.39, 0.29) is 17.7 Å². The minimum absolute atomic E-state index is 0.0130. The van der Waals surface area contributed by atoms with Crippen molar-refractivity contribution in [3.05, 3.63) is 40.9 Å². The van der Waals surface area contributed by atoms with Gasteiger partial charge in [-0.25, -0.2) is 4.98 Å². The number of hydrogen-bond acceptors (Lipinski definition) is 5. The van der Waals surface area contributed by atoms with Gasteiger partial charge in [0.25, 0.3) is 5.91 Å². The molecule has 2 N–H and O–H groups in total. The largest absolute Gasteiger partial charge is 0.331 e. The highest BCUT2D eigenvalue weighted by Gasteiger charge is 2.33. The molecule has 2 aromatic rings. The van der Waals surface area contributed by atoms with Gasteiger partial charge in [0.1, 0.15) is 6.04 Å². The topological polar surface area (TPSA) is 91.4 Å². The third-order valence-corrected chi connectivity index (χ3v) is 5.36. The first-order valence-electron chi connectivity index (χ1n) is 8.92. The molecule has 2 heterocycles. The van der Waals surface area contributed by atoms with Gasteiger partial charge in [-0.2, -0.15) is 0 Å². The van der Waals surface area contributed by atoms with Crippen molar-refractivity contribution in [2.45, 2.75) is 39.2 Å². The Morgan fingerprint density at radius 1 is 1.30 bits per heavy atom. The third kappa shape index (κ3) is 4.16. The van der Waals surface area contributed by atoms with Crippen molar-refractivity contribution in [1.29, 1.82) is 0 Å². The van der Waals surface area contributed by atoms with Gasteiger partial charge in [-0.3, -0.25) is 19.7 Å². The molecule has 7 nitrogen and oxygen atoms in total. The lowest BCUT2D eigenvalue weighted by Gasteiger charge is -2.24. The van der Waals surface area contributed by atoms with E-state index in [2.05, 4.69) is 15.6 Å². The molecule has 27 heavy (non-hydrogen) atoms. The molecule has 142 valence electrons. The zero-order valence-electron chi connectivity index (χ0n) is 15.3. The van der Waals surface area contributed by atoms with Crippen molar-refractivity contribution < 1.29 is 14.4 Å². The Kier molecular flexibility index (Phi) is 5.85. The van der Waals surface area contributed by atoms with Crippen LogP contribution in [0.15, 0.2) is 29.8 Å². The van der Waals surface area contributed by atoms with Crippen LogP contribution in [0.2, 0.25) is 0 Å². The molecule has 8 heteroatoms. The highest BCUT2D eigenvalue weighted by atomic mass is 32.1. The normalized spacial score (nSPS) is 16.2. The monoisotopic (exact) mass is 386 g/mol. The van der Waals surface area contributed by atoms with Gasteiger partial charge >= 0.3 is 0 Å². The lowest BCUT2D eigenvalue weighted by molar-refractivity contribution is -0.136. The number of benzene rings is 1. The molecule has 1 aromatic carbocycles. The molecule has 1 saturated heterocycles. The average Bonchev–Trinajstić information content (AvgIpc) is 3.34. The van der Waals surface area contributed by atoms with Gasteiger partial charge in [0.15, 0.2) is 5.13 Å². The zero-order valence-corrected chi connectivity index (χ0v) is 16.1. The summed E-state index contributed by atoms with van der Waals surface area (Å²) in [7, 11) is 0. The molecule has 1 atom stereocenters. The number of rotatable bonds is 5. The number of likely N-dealkylation sites (tertiary alicyclic amines) is 1. The standard InChI is InChI=1S/C19H22N4O3S/c1-3-16(24)23-10-5-8-15(23)18(26)21-14-7-4-6-13(12(14)2)17(25)22-19-20-9-11-27-19/h4,6-7,9,11,15H,3,5,8,10H2,1-2H3,(H,21,26)(H,20,22,25)/t15-/m0/s1. The first-order valence-corrected chi connectivity index (χ1v) is 9.80. The molecule has 0 spiro atoms. The fourth-order valence-electron chi connectivity index (χ4n) is 3.22. The van der Waals surface area contributed by atoms with Crippen LogP contribution in [0.3, 0.4) is 0 Å². The molecule has 0 radical (unpaired) electrons. The van der Waals surface area contributed by atoms with Crippen LogP contribution >= 0.6 is 11.3 Å². The second-order valence-corrected chi connectivity index (χ2v) is 7.25. The smallest absolute Gasteiger partial charge is 0.257 e. The molecular formula is C19H22N4O3S. The maximum Gasteiger partial charge on any atom is 0.257 e. The van der Waals surface area contributed by atoms with Gasteiger partial charge in [0.2, 0.25) is 11.8 Å². The Morgan fingerprint density at radius 2 is 2.11 bits per heavy atom. The number of carbonyl (C=O) groups excluding carboxylic acids is 3. The molecule has 0 bridgehead atoms.